The highest BCUT2D eigenvalue weighted by Gasteiger charge is 2.33. The molecule has 0 bridgehead atoms. The predicted octanol–water partition coefficient (Wildman–Crippen LogP) is 6.33. The van der Waals surface area contributed by atoms with E-state index in [0.717, 1.165) is 6.07 Å². The Hall–Kier alpha value is -0.900. The van der Waals surface area contributed by atoms with Crippen molar-refractivity contribution in [3.05, 3.63) is 57.0 Å². The third-order valence-electron chi connectivity index (χ3n) is 2.54. The molecule has 6 heteroatoms. The fourth-order valence-electron chi connectivity index (χ4n) is 1.64. The minimum absolute atomic E-state index is 0.278. The summed E-state index contributed by atoms with van der Waals surface area (Å²) < 4.78 is 37.8. The van der Waals surface area contributed by atoms with Gasteiger partial charge in [-0.25, -0.2) is 0 Å². The molecule has 0 aromatic heterocycles. The largest absolute Gasteiger partial charge is 0.417 e. The Balaban J connectivity index is 2.54. The van der Waals surface area contributed by atoms with Crippen molar-refractivity contribution in [1.82, 2.24) is 0 Å². The van der Waals surface area contributed by atoms with Crippen molar-refractivity contribution < 1.29 is 13.2 Å². The van der Waals surface area contributed by atoms with Crippen LogP contribution in [0.1, 0.15) is 5.56 Å². The Morgan fingerprint density at radius 3 is 2.11 bits per heavy atom. The first kappa shape index (κ1) is 14.5. The van der Waals surface area contributed by atoms with Crippen LogP contribution in [0, 0.1) is 0 Å². The zero-order valence-corrected chi connectivity index (χ0v) is 11.5. The second-order valence-electron chi connectivity index (χ2n) is 3.79. The van der Waals surface area contributed by atoms with Crippen LogP contribution in [-0.4, -0.2) is 0 Å². The summed E-state index contributed by atoms with van der Waals surface area (Å²) in [5, 5.41) is 0.233. The molecule has 100 valence electrons. The van der Waals surface area contributed by atoms with Crippen molar-refractivity contribution >= 4 is 34.8 Å². The molecule has 0 atom stereocenters. The molecule has 0 unspecified atom stereocenters. The van der Waals surface area contributed by atoms with Crippen LogP contribution in [0.2, 0.25) is 15.1 Å². The van der Waals surface area contributed by atoms with Crippen LogP contribution in [0.5, 0.6) is 0 Å². The van der Waals surface area contributed by atoms with Gasteiger partial charge in [0.05, 0.1) is 20.6 Å². The lowest BCUT2D eigenvalue weighted by atomic mass is 10.0. The highest BCUT2D eigenvalue weighted by atomic mass is 35.5. The van der Waals surface area contributed by atoms with E-state index < -0.39 is 11.7 Å². The van der Waals surface area contributed by atoms with E-state index in [4.69, 9.17) is 34.8 Å². The zero-order chi connectivity index (χ0) is 14.2. The molecule has 0 spiro atoms. The van der Waals surface area contributed by atoms with E-state index in [-0.39, 0.29) is 10.0 Å². The molecule has 0 aliphatic rings. The molecule has 0 fully saturated rings. The normalized spacial score (nSPS) is 11.7. The summed E-state index contributed by atoms with van der Waals surface area (Å²) in [4.78, 5) is 0. The lowest BCUT2D eigenvalue weighted by Crippen LogP contribution is -2.05. The molecule has 0 amide bonds. The molecular weight excluding hydrogens is 319 g/mol. The molecule has 0 saturated heterocycles. The van der Waals surface area contributed by atoms with Gasteiger partial charge in [0, 0.05) is 5.56 Å². The predicted molar refractivity (Wildman–Crippen MR) is 71.9 cm³/mol. The number of rotatable bonds is 1. The number of halogens is 6. The van der Waals surface area contributed by atoms with E-state index in [1.54, 1.807) is 18.2 Å². The SMILES string of the molecule is FC(F)(F)c1ccc(-c2cccc(Cl)c2Cl)cc1Cl. The quantitative estimate of drug-likeness (QED) is 0.574. The Kier molecular flexibility index (Phi) is 4.00. The van der Waals surface area contributed by atoms with Crippen LogP contribution in [0.3, 0.4) is 0 Å². The topological polar surface area (TPSA) is 0 Å². The molecule has 0 heterocycles. The summed E-state index contributed by atoms with van der Waals surface area (Å²) in [5.74, 6) is 0. The molecule has 0 aliphatic carbocycles. The van der Waals surface area contributed by atoms with E-state index in [1.807, 2.05) is 0 Å². The van der Waals surface area contributed by atoms with Crippen molar-refractivity contribution in [1.29, 1.82) is 0 Å². The number of benzene rings is 2. The number of hydrogen-bond donors (Lipinski definition) is 0. The second-order valence-corrected chi connectivity index (χ2v) is 4.99. The highest BCUT2D eigenvalue weighted by Crippen LogP contribution is 2.39. The van der Waals surface area contributed by atoms with Gasteiger partial charge in [0.1, 0.15) is 0 Å². The molecule has 0 aliphatic heterocycles. The standard InChI is InChI=1S/C13H6Cl3F3/c14-10-3-1-2-8(12(10)16)7-4-5-9(11(15)6-7)13(17,18)19/h1-6H. The van der Waals surface area contributed by atoms with Gasteiger partial charge in [-0.1, -0.05) is 53.0 Å². The van der Waals surface area contributed by atoms with Crippen LogP contribution in [0.25, 0.3) is 11.1 Å². The van der Waals surface area contributed by atoms with Gasteiger partial charge in [-0.3, -0.25) is 0 Å². The Morgan fingerprint density at radius 1 is 0.842 bits per heavy atom. The van der Waals surface area contributed by atoms with Gasteiger partial charge >= 0.3 is 6.18 Å². The van der Waals surface area contributed by atoms with Gasteiger partial charge in [-0.2, -0.15) is 13.2 Å². The van der Waals surface area contributed by atoms with Gasteiger partial charge in [0.15, 0.2) is 0 Å². The van der Waals surface area contributed by atoms with Gasteiger partial charge in [0.25, 0.3) is 0 Å². The van der Waals surface area contributed by atoms with Gasteiger partial charge < -0.3 is 0 Å². The molecule has 19 heavy (non-hydrogen) atoms. The first-order chi connectivity index (χ1) is 8.80. The summed E-state index contributed by atoms with van der Waals surface area (Å²) in [6.45, 7) is 0. The minimum atomic E-state index is -4.48. The number of alkyl halides is 3. The Morgan fingerprint density at radius 2 is 1.53 bits per heavy atom. The fraction of sp³-hybridized carbons (Fsp3) is 0.0769. The average molecular weight is 326 g/mol. The fourth-order valence-corrected chi connectivity index (χ4v) is 2.34. The molecule has 2 rings (SSSR count). The summed E-state index contributed by atoms with van der Waals surface area (Å²) in [7, 11) is 0. The first-order valence-corrected chi connectivity index (χ1v) is 6.25. The van der Waals surface area contributed by atoms with Crippen molar-refractivity contribution in [2.75, 3.05) is 0 Å². The van der Waals surface area contributed by atoms with Crippen molar-refractivity contribution in [2.24, 2.45) is 0 Å². The molecule has 0 radical (unpaired) electrons. The van der Waals surface area contributed by atoms with Crippen LogP contribution in [0.15, 0.2) is 36.4 Å². The van der Waals surface area contributed by atoms with Crippen LogP contribution in [-0.2, 0) is 6.18 Å². The molecule has 0 nitrogen and oxygen atoms in total. The van der Waals surface area contributed by atoms with Crippen LogP contribution >= 0.6 is 34.8 Å². The maximum Gasteiger partial charge on any atom is 0.417 e. The summed E-state index contributed by atoms with van der Waals surface area (Å²) in [6, 6.07) is 8.38. The monoisotopic (exact) mass is 324 g/mol. The van der Waals surface area contributed by atoms with E-state index in [0.29, 0.717) is 16.1 Å². The van der Waals surface area contributed by atoms with Gasteiger partial charge in [-0.05, 0) is 23.8 Å². The van der Waals surface area contributed by atoms with Crippen LogP contribution in [0.4, 0.5) is 13.2 Å². The van der Waals surface area contributed by atoms with Crippen molar-refractivity contribution in [2.45, 2.75) is 6.18 Å². The van der Waals surface area contributed by atoms with E-state index in [2.05, 4.69) is 0 Å². The van der Waals surface area contributed by atoms with Gasteiger partial charge in [0.2, 0.25) is 0 Å². The Bertz CT molecular complexity index is 621. The lowest BCUT2D eigenvalue weighted by molar-refractivity contribution is -0.137. The lowest BCUT2D eigenvalue weighted by Gasteiger charge is -2.11. The van der Waals surface area contributed by atoms with E-state index in [9.17, 15) is 13.2 Å². The molecule has 0 N–H and O–H groups in total. The first-order valence-electron chi connectivity index (χ1n) is 5.12. The summed E-state index contributed by atoms with van der Waals surface area (Å²) >= 11 is 17.5. The zero-order valence-electron chi connectivity index (χ0n) is 9.23. The smallest absolute Gasteiger partial charge is 0.166 e. The van der Waals surface area contributed by atoms with Gasteiger partial charge in [-0.15, -0.1) is 0 Å². The molecule has 2 aromatic carbocycles. The van der Waals surface area contributed by atoms with Crippen molar-refractivity contribution in [3.8, 4) is 11.1 Å². The summed E-state index contributed by atoms with van der Waals surface area (Å²) in [6.07, 6.45) is -4.48. The summed E-state index contributed by atoms with van der Waals surface area (Å²) in [5.41, 5.74) is 0.131. The number of hydrogen-bond acceptors (Lipinski definition) is 0. The van der Waals surface area contributed by atoms with E-state index in [1.165, 1.54) is 12.1 Å². The minimum Gasteiger partial charge on any atom is -0.166 e. The third-order valence-corrected chi connectivity index (χ3v) is 3.67. The Labute approximate surface area is 122 Å². The molecular formula is C13H6Cl3F3. The van der Waals surface area contributed by atoms with Crippen molar-refractivity contribution in [3.63, 3.8) is 0 Å². The maximum atomic E-state index is 12.6. The van der Waals surface area contributed by atoms with Crippen LogP contribution < -0.4 is 0 Å². The average Bonchev–Trinajstić information content (AvgIpc) is 2.31. The second kappa shape index (κ2) is 5.23. The maximum absolute atomic E-state index is 12.6. The highest BCUT2D eigenvalue weighted by molar-refractivity contribution is 6.43. The third kappa shape index (κ3) is 2.99. The molecule has 2 aromatic rings. The molecule has 0 saturated carbocycles. The van der Waals surface area contributed by atoms with E-state index >= 15 is 0 Å².